The smallest absolute Gasteiger partial charge is 0.250 e. The molecule has 0 spiro atoms. The fourth-order valence-electron chi connectivity index (χ4n) is 1.64. The van der Waals surface area contributed by atoms with E-state index in [2.05, 4.69) is 10.3 Å². The highest BCUT2D eigenvalue weighted by molar-refractivity contribution is 5.98. The molecule has 0 aliphatic rings. The van der Waals surface area contributed by atoms with Gasteiger partial charge in [0.1, 0.15) is 5.82 Å². The molecule has 0 radical (unpaired) electrons. The highest BCUT2D eigenvalue weighted by atomic mass is 16.2. The molecule has 1 aromatic heterocycles. The van der Waals surface area contributed by atoms with E-state index < -0.39 is 5.91 Å². The van der Waals surface area contributed by atoms with Gasteiger partial charge in [-0.15, -0.1) is 0 Å². The summed E-state index contributed by atoms with van der Waals surface area (Å²) in [7, 11) is 1.57. The number of rotatable bonds is 6. The number of nitrogens with one attached hydrogen (secondary N) is 1. The molecule has 0 saturated heterocycles. The molecule has 0 atom stereocenters. The summed E-state index contributed by atoms with van der Waals surface area (Å²) in [6, 6.07) is 1.51. The van der Waals surface area contributed by atoms with Gasteiger partial charge in [0.25, 0.3) is 5.91 Å². The van der Waals surface area contributed by atoms with E-state index >= 15 is 0 Å². The summed E-state index contributed by atoms with van der Waals surface area (Å²) in [4.78, 5) is 28.6. The zero-order valence-corrected chi connectivity index (χ0v) is 11.1. The molecule has 1 heterocycles. The minimum atomic E-state index is -0.613. The molecule has 2 amide bonds. The van der Waals surface area contributed by atoms with Crippen molar-refractivity contribution in [1.29, 1.82) is 0 Å². The number of aromatic nitrogens is 1. The van der Waals surface area contributed by atoms with Gasteiger partial charge in [0.05, 0.1) is 24.0 Å². The Balaban J connectivity index is 3.05. The summed E-state index contributed by atoms with van der Waals surface area (Å²) in [5, 5.41) is 2.55. The first kappa shape index (κ1) is 14.7. The highest BCUT2D eigenvalue weighted by Crippen LogP contribution is 2.18. The van der Waals surface area contributed by atoms with Gasteiger partial charge in [0.2, 0.25) is 5.91 Å². The Hall–Kier alpha value is -2.31. The fourth-order valence-corrected chi connectivity index (χ4v) is 1.64. The first-order chi connectivity index (χ1) is 8.99. The zero-order chi connectivity index (χ0) is 14.4. The van der Waals surface area contributed by atoms with Crippen LogP contribution in [0.1, 0.15) is 23.7 Å². The van der Waals surface area contributed by atoms with Crippen molar-refractivity contribution in [3.8, 4) is 0 Å². The van der Waals surface area contributed by atoms with Crippen LogP contribution in [0.4, 0.5) is 11.5 Å². The van der Waals surface area contributed by atoms with Gasteiger partial charge in [-0.3, -0.25) is 9.59 Å². The van der Waals surface area contributed by atoms with E-state index in [0.717, 1.165) is 6.42 Å². The Labute approximate surface area is 112 Å². The molecule has 5 N–H and O–H groups in total. The summed E-state index contributed by atoms with van der Waals surface area (Å²) < 4.78 is 0. The maximum absolute atomic E-state index is 11.5. The molecule has 0 saturated carbocycles. The van der Waals surface area contributed by atoms with Crippen molar-refractivity contribution in [2.45, 2.75) is 13.3 Å². The van der Waals surface area contributed by atoms with Crippen LogP contribution in [-0.2, 0) is 4.79 Å². The number of carbonyl (C=O) groups excluding carboxylic acids is 2. The molecule has 0 bridgehead atoms. The first-order valence-electron chi connectivity index (χ1n) is 6.00. The van der Waals surface area contributed by atoms with Gasteiger partial charge in [-0.2, -0.15) is 0 Å². The van der Waals surface area contributed by atoms with Crippen molar-refractivity contribution in [3.05, 3.63) is 17.8 Å². The molecular formula is C12H19N5O2. The predicted octanol–water partition coefficient (Wildman–Crippen LogP) is -0.275. The lowest BCUT2D eigenvalue weighted by atomic mass is 10.2. The molecule has 0 unspecified atom stereocenters. The molecule has 19 heavy (non-hydrogen) atoms. The van der Waals surface area contributed by atoms with E-state index in [9.17, 15) is 9.59 Å². The second-order valence-corrected chi connectivity index (χ2v) is 4.09. The SMILES string of the molecule is CCCN(CC(=O)NC)c1cc(C(N)=O)c(N)cn1. The second-order valence-electron chi connectivity index (χ2n) is 4.09. The van der Waals surface area contributed by atoms with Crippen molar-refractivity contribution < 1.29 is 9.59 Å². The third kappa shape index (κ3) is 3.84. The van der Waals surface area contributed by atoms with Crippen LogP contribution in [-0.4, -0.2) is 36.9 Å². The lowest BCUT2D eigenvalue weighted by Gasteiger charge is -2.22. The average molecular weight is 265 g/mol. The van der Waals surface area contributed by atoms with Crippen LogP contribution in [0, 0.1) is 0 Å². The van der Waals surface area contributed by atoms with Crippen LogP contribution in [0.15, 0.2) is 12.3 Å². The summed E-state index contributed by atoms with van der Waals surface area (Å²) >= 11 is 0. The normalized spacial score (nSPS) is 10.0. The lowest BCUT2D eigenvalue weighted by molar-refractivity contribution is -0.119. The van der Waals surface area contributed by atoms with Crippen LogP contribution >= 0.6 is 0 Å². The van der Waals surface area contributed by atoms with Crippen molar-refractivity contribution >= 4 is 23.3 Å². The predicted molar refractivity (Wildman–Crippen MR) is 73.7 cm³/mol. The number of primary amides is 1. The van der Waals surface area contributed by atoms with E-state index in [-0.39, 0.29) is 23.7 Å². The number of carbonyl (C=O) groups is 2. The number of hydrogen-bond acceptors (Lipinski definition) is 5. The number of nitrogens with zero attached hydrogens (tertiary/aromatic N) is 2. The molecule has 7 heteroatoms. The van der Waals surface area contributed by atoms with E-state index in [4.69, 9.17) is 11.5 Å². The highest BCUT2D eigenvalue weighted by Gasteiger charge is 2.14. The quantitative estimate of drug-likeness (QED) is 0.654. The van der Waals surface area contributed by atoms with Gasteiger partial charge in [0.15, 0.2) is 0 Å². The van der Waals surface area contributed by atoms with Crippen LogP contribution in [0.25, 0.3) is 0 Å². The summed E-state index contributed by atoms with van der Waals surface area (Å²) in [6.45, 7) is 2.80. The Morgan fingerprint density at radius 3 is 2.68 bits per heavy atom. The molecule has 7 nitrogen and oxygen atoms in total. The average Bonchev–Trinajstić information content (AvgIpc) is 2.38. The Bertz CT molecular complexity index is 475. The first-order valence-corrected chi connectivity index (χ1v) is 6.00. The van der Waals surface area contributed by atoms with Gasteiger partial charge in [-0.25, -0.2) is 4.98 Å². The number of anilines is 2. The molecule has 1 rings (SSSR count). The van der Waals surface area contributed by atoms with E-state index in [1.807, 2.05) is 6.92 Å². The van der Waals surface area contributed by atoms with Crippen LogP contribution in [0.2, 0.25) is 0 Å². The van der Waals surface area contributed by atoms with Crippen LogP contribution in [0.3, 0.4) is 0 Å². The third-order valence-corrected chi connectivity index (χ3v) is 2.62. The number of amides is 2. The molecule has 104 valence electrons. The van der Waals surface area contributed by atoms with Gasteiger partial charge in [0, 0.05) is 13.6 Å². The number of likely N-dealkylation sites (N-methyl/N-ethyl adjacent to an activating group) is 1. The number of pyridine rings is 1. The minimum Gasteiger partial charge on any atom is -0.397 e. The van der Waals surface area contributed by atoms with Crippen molar-refractivity contribution in [2.24, 2.45) is 5.73 Å². The molecular weight excluding hydrogens is 246 g/mol. The number of nitrogens with two attached hydrogens (primary N) is 2. The molecule has 1 aromatic rings. The maximum Gasteiger partial charge on any atom is 0.250 e. The van der Waals surface area contributed by atoms with E-state index in [1.165, 1.54) is 12.3 Å². The Kier molecular flexibility index (Phi) is 5.11. The third-order valence-electron chi connectivity index (χ3n) is 2.62. The van der Waals surface area contributed by atoms with E-state index in [0.29, 0.717) is 12.4 Å². The van der Waals surface area contributed by atoms with E-state index in [1.54, 1.807) is 11.9 Å². The zero-order valence-electron chi connectivity index (χ0n) is 11.1. The van der Waals surface area contributed by atoms with Crippen molar-refractivity contribution in [2.75, 3.05) is 30.8 Å². The van der Waals surface area contributed by atoms with Crippen LogP contribution in [0.5, 0.6) is 0 Å². The second kappa shape index (κ2) is 6.58. The largest absolute Gasteiger partial charge is 0.397 e. The molecule has 0 aliphatic carbocycles. The van der Waals surface area contributed by atoms with Gasteiger partial charge in [-0.1, -0.05) is 6.92 Å². The number of nitrogen functional groups attached to an aromatic ring is 1. The summed E-state index contributed by atoms with van der Waals surface area (Å²) in [5.74, 6) is -0.237. The monoisotopic (exact) mass is 265 g/mol. The summed E-state index contributed by atoms with van der Waals surface area (Å²) in [5.41, 5.74) is 11.3. The topological polar surface area (TPSA) is 114 Å². The fraction of sp³-hybridized carbons (Fsp3) is 0.417. The van der Waals surface area contributed by atoms with Crippen LogP contribution < -0.4 is 21.7 Å². The van der Waals surface area contributed by atoms with Gasteiger partial charge < -0.3 is 21.7 Å². The van der Waals surface area contributed by atoms with Crippen molar-refractivity contribution in [3.63, 3.8) is 0 Å². The minimum absolute atomic E-state index is 0.132. The van der Waals surface area contributed by atoms with Crippen molar-refractivity contribution in [1.82, 2.24) is 10.3 Å². The molecule has 0 aromatic carbocycles. The Morgan fingerprint density at radius 1 is 1.47 bits per heavy atom. The molecule has 0 fully saturated rings. The summed E-state index contributed by atoms with van der Waals surface area (Å²) in [6.07, 6.45) is 2.22. The Morgan fingerprint density at radius 2 is 2.16 bits per heavy atom. The van der Waals surface area contributed by atoms with Gasteiger partial charge >= 0.3 is 0 Å². The van der Waals surface area contributed by atoms with Gasteiger partial charge in [-0.05, 0) is 12.5 Å². The number of hydrogen-bond donors (Lipinski definition) is 3. The standard InChI is InChI=1S/C12H19N5O2/c1-3-4-17(7-11(18)15-2)10-5-8(12(14)19)9(13)6-16-10/h5-6H,3-4,7,13H2,1-2H3,(H2,14,19)(H,15,18). The maximum atomic E-state index is 11.5. The lowest BCUT2D eigenvalue weighted by Crippen LogP contribution is -2.36. The molecule has 0 aliphatic heterocycles.